The summed E-state index contributed by atoms with van der Waals surface area (Å²) in [6, 6.07) is 10.3. The molecule has 3 heteroatoms. The smallest absolute Gasteiger partial charge is 0.0792 e. The number of hydrogen-bond acceptors (Lipinski definition) is 2. The van der Waals surface area contributed by atoms with Crippen LogP contribution in [0.25, 0.3) is 21.7 Å². The van der Waals surface area contributed by atoms with Crippen molar-refractivity contribution < 1.29 is 0 Å². The lowest BCUT2D eigenvalue weighted by Crippen LogP contribution is -1.87. The first kappa shape index (κ1) is 11.1. The second-order valence-electron chi connectivity index (χ2n) is 4.09. The molecule has 3 aromatic rings. The highest BCUT2D eigenvalue weighted by Crippen LogP contribution is 2.36. The van der Waals surface area contributed by atoms with Gasteiger partial charge in [-0.3, -0.25) is 4.98 Å². The van der Waals surface area contributed by atoms with Gasteiger partial charge in [0.2, 0.25) is 0 Å². The van der Waals surface area contributed by atoms with Crippen LogP contribution in [0.2, 0.25) is 0 Å². The molecule has 0 fully saturated rings. The number of benzene rings is 2. The zero-order valence-electron chi connectivity index (χ0n) is 9.24. The van der Waals surface area contributed by atoms with Crippen LogP contribution in [-0.4, -0.2) is 4.98 Å². The van der Waals surface area contributed by atoms with Crippen LogP contribution in [0.3, 0.4) is 0 Å². The number of thiol groups is 1. The van der Waals surface area contributed by atoms with E-state index in [2.05, 4.69) is 52.6 Å². The molecule has 0 spiro atoms. The van der Waals surface area contributed by atoms with E-state index in [9.17, 15) is 0 Å². The average Bonchev–Trinajstić information content (AvgIpc) is 2.33. The Labute approximate surface area is 113 Å². The fourth-order valence-corrected chi connectivity index (χ4v) is 3.18. The molecule has 2 aromatic carbocycles. The van der Waals surface area contributed by atoms with Crippen molar-refractivity contribution >= 4 is 50.2 Å². The molecule has 0 saturated carbocycles. The molecule has 0 bridgehead atoms. The SMILES string of the molecule is Cc1cc2cccnc2c2c(S)ccc(Br)c12. The van der Waals surface area contributed by atoms with Gasteiger partial charge in [0, 0.05) is 31.7 Å². The molecule has 0 radical (unpaired) electrons. The summed E-state index contributed by atoms with van der Waals surface area (Å²) in [7, 11) is 0. The van der Waals surface area contributed by atoms with Gasteiger partial charge >= 0.3 is 0 Å². The first-order chi connectivity index (χ1) is 8.18. The Hall–Kier alpha value is -1.06. The van der Waals surface area contributed by atoms with Crippen LogP contribution in [0, 0.1) is 6.92 Å². The number of nitrogens with zero attached hydrogens (tertiary/aromatic N) is 1. The van der Waals surface area contributed by atoms with Crippen LogP contribution in [0.15, 0.2) is 45.9 Å². The quantitative estimate of drug-likeness (QED) is 0.467. The summed E-state index contributed by atoms with van der Waals surface area (Å²) in [5, 5.41) is 3.48. The van der Waals surface area contributed by atoms with E-state index in [0.29, 0.717) is 0 Å². The van der Waals surface area contributed by atoms with E-state index in [1.807, 2.05) is 24.4 Å². The van der Waals surface area contributed by atoms with Gasteiger partial charge in [-0.25, -0.2) is 0 Å². The van der Waals surface area contributed by atoms with Gasteiger partial charge in [-0.05, 0) is 36.8 Å². The van der Waals surface area contributed by atoms with E-state index in [4.69, 9.17) is 0 Å². The van der Waals surface area contributed by atoms with Crippen molar-refractivity contribution in [1.29, 1.82) is 0 Å². The minimum atomic E-state index is 0.968. The van der Waals surface area contributed by atoms with Gasteiger partial charge in [0.15, 0.2) is 0 Å². The van der Waals surface area contributed by atoms with Crippen LogP contribution in [0.5, 0.6) is 0 Å². The Balaban J connectivity index is 2.69. The molecule has 84 valence electrons. The van der Waals surface area contributed by atoms with E-state index >= 15 is 0 Å². The van der Waals surface area contributed by atoms with Crippen molar-refractivity contribution in [2.45, 2.75) is 11.8 Å². The normalized spacial score (nSPS) is 11.2. The maximum atomic E-state index is 4.56. The van der Waals surface area contributed by atoms with Gasteiger partial charge in [0.25, 0.3) is 0 Å². The number of halogens is 1. The van der Waals surface area contributed by atoms with E-state index < -0.39 is 0 Å². The van der Waals surface area contributed by atoms with Gasteiger partial charge in [-0.2, -0.15) is 0 Å². The van der Waals surface area contributed by atoms with Gasteiger partial charge in [0.1, 0.15) is 0 Å². The number of rotatable bonds is 0. The minimum Gasteiger partial charge on any atom is -0.256 e. The molecule has 0 saturated heterocycles. The monoisotopic (exact) mass is 303 g/mol. The molecule has 0 N–H and O–H groups in total. The van der Waals surface area contributed by atoms with Crippen molar-refractivity contribution in [2.24, 2.45) is 0 Å². The maximum Gasteiger partial charge on any atom is 0.0792 e. The average molecular weight is 304 g/mol. The molecule has 17 heavy (non-hydrogen) atoms. The summed E-state index contributed by atoms with van der Waals surface area (Å²) in [6.45, 7) is 2.12. The van der Waals surface area contributed by atoms with Crippen molar-refractivity contribution in [3.63, 3.8) is 0 Å². The van der Waals surface area contributed by atoms with E-state index in [1.165, 1.54) is 10.9 Å². The summed E-state index contributed by atoms with van der Waals surface area (Å²) < 4.78 is 1.09. The molecule has 0 aliphatic rings. The molecule has 1 heterocycles. The van der Waals surface area contributed by atoms with Crippen LogP contribution in [0.4, 0.5) is 0 Å². The molecule has 0 unspecified atom stereocenters. The van der Waals surface area contributed by atoms with Crippen molar-refractivity contribution in [2.75, 3.05) is 0 Å². The fraction of sp³-hybridized carbons (Fsp3) is 0.0714. The highest BCUT2D eigenvalue weighted by atomic mass is 79.9. The summed E-state index contributed by atoms with van der Waals surface area (Å²) in [5.41, 5.74) is 2.25. The molecule has 0 aliphatic carbocycles. The fourth-order valence-electron chi connectivity index (χ4n) is 2.24. The van der Waals surface area contributed by atoms with Gasteiger partial charge in [0.05, 0.1) is 5.52 Å². The van der Waals surface area contributed by atoms with Crippen LogP contribution in [-0.2, 0) is 0 Å². The number of pyridine rings is 1. The lowest BCUT2D eigenvalue weighted by atomic mass is 10.0. The maximum absolute atomic E-state index is 4.56. The summed E-state index contributed by atoms with van der Waals surface area (Å²) in [5.74, 6) is 0. The number of aromatic nitrogens is 1. The lowest BCUT2D eigenvalue weighted by molar-refractivity contribution is 1.40. The number of fused-ring (bicyclic) bond motifs is 3. The Morgan fingerprint density at radius 1 is 1.18 bits per heavy atom. The molecule has 1 aromatic heterocycles. The molecule has 0 atom stereocenters. The first-order valence-electron chi connectivity index (χ1n) is 5.34. The standard InChI is InChI=1S/C14H10BrNS/c1-8-7-9-3-2-6-16-14(9)13-11(17)5-4-10(15)12(8)13/h2-7,17H,1H3. The van der Waals surface area contributed by atoms with Gasteiger partial charge < -0.3 is 0 Å². The predicted octanol–water partition coefficient (Wildman–Crippen LogP) is 4.75. The van der Waals surface area contributed by atoms with E-state index in [1.54, 1.807) is 0 Å². The van der Waals surface area contributed by atoms with Crippen molar-refractivity contribution in [3.05, 3.63) is 46.6 Å². The highest BCUT2D eigenvalue weighted by Gasteiger charge is 2.10. The lowest BCUT2D eigenvalue weighted by Gasteiger charge is -2.10. The minimum absolute atomic E-state index is 0.968. The highest BCUT2D eigenvalue weighted by molar-refractivity contribution is 9.10. The molecule has 1 nitrogen and oxygen atoms in total. The Bertz CT molecular complexity index is 737. The Morgan fingerprint density at radius 2 is 2.00 bits per heavy atom. The molecular weight excluding hydrogens is 294 g/mol. The van der Waals surface area contributed by atoms with Crippen LogP contribution < -0.4 is 0 Å². The summed E-state index contributed by atoms with van der Waals surface area (Å²) in [6.07, 6.45) is 1.82. The molecule has 0 amide bonds. The first-order valence-corrected chi connectivity index (χ1v) is 6.58. The third-order valence-electron chi connectivity index (χ3n) is 2.97. The van der Waals surface area contributed by atoms with Gasteiger partial charge in [-0.1, -0.05) is 22.0 Å². The molecular formula is C14H10BrNS. The van der Waals surface area contributed by atoms with Crippen LogP contribution >= 0.6 is 28.6 Å². The topological polar surface area (TPSA) is 12.9 Å². The van der Waals surface area contributed by atoms with E-state index in [-0.39, 0.29) is 0 Å². The van der Waals surface area contributed by atoms with Crippen molar-refractivity contribution in [3.8, 4) is 0 Å². The van der Waals surface area contributed by atoms with Gasteiger partial charge in [-0.15, -0.1) is 12.6 Å². The van der Waals surface area contributed by atoms with Crippen molar-refractivity contribution in [1.82, 2.24) is 4.98 Å². The Morgan fingerprint density at radius 3 is 2.82 bits per heavy atom. The number of aryl methyl sites for hydroxylation is 1. The zero-order chi connectivity index (χ0) is 12.0. The van der Waals surface area contributed by atoms with E-state index in [0.717, 1.165) is 25.7 Å². The summed E-state index contributed by atoms with van der Waals surface area (Å²) in [4.78, 5) is 5.45. The zero-order valence-corrected chi connectivity index (χ0v) is 11.7. The predicted molar refractivity (Wildman–Crippen MR) is 78.9 cm³/mol. The molecule has 3 rings (SSSR count). The second kappa shape index (κ2) is 4.00. The summed E-state index contributed by atoms with van der Waals surface area (Å²) >= 11 is 8.17. The second-order valence-corrected chi connectivity index (χ2v) is 5.42. The largest absolute Gasteiger partial charge is 0.256 e. The number of hydrogen-bond donors (Lipinski definition) is 1. The van der Waals surface area contributed by atoms with Crippen LogP contribution in [0.1, 0.15) is 5.56 Å². The third kappa shape index (κ3) is 1.65. The Kier molecular flexibility index (Phi) is 2.60. The third-order valence-corrected chi connectivity index (χ3v) is 4.01. The molecule has 0 aliphatic heterocycles.